The minimum atomic E-state index is -4.95. The average Bonchev–Trinajstić information content (AvgIpc) is 3.57. The first kappa shape index (κ1) is 82.1. The van der Waals surface area contributed by atoms with E-state index in [0.717, 1.165) is 114 Å². The van der Waals surface area contributed by atoms with Gasteiger partial charge in [0, 0.05) is 25.7 Å². The van der Waals surface area contributed by atoms with E-state index in [1.54, 1.807) is 0 Å². The lowest BCUT2D eigenvalue weighted by Crippen LogP contribution is -2.30. The zero-order chi connectivity index (χ0) is 62.4. The molecule has 0 spiro atoms. The Morgan fingerprint density at radius 1 is 0.345 bits per heavy atom. The van der Waals surface area contributed by atoms with Crippen LogP contribution in [0.25, 0.3) is 0 Å². The van der Waals surface area contributed by atoms with Gasteiger partial charge in [-0.05, 0) is 43.4 Å². The first-order chi connectivity index (χ1) is 40.3. The predicted octanol–water partition coefficient (Wildman–Crippen LogP) is 17.9. The highest BCUT2D eigenvalue weighted by Crippen LogP contribution is 2.45. The van der Waals surface area contributed by atoms with E-state index in [2.05, 4.69) is 48.5 Å². The Morgan fingerprint density at radius 3 is 0.905 bits per heavy atom. The summed E-state index contributed by atoms with van der Waals surface area (Å²) in [6, 6.07) is 0. The SMILES string of the molecule is CCCCCCCCCCC(=O)OC[C@H](COP(=O)(O)OC[C@H](O)COP(=O)(O)OC[C@@H](COC(=O)CCCCCCCCCCCC(C)C)OC(=O)CCCCCCCCCCCC(C)C)OC(=O)CCCCCCCCCCC(C)CC. The van der Waals surface area contributed by atoms with Gasteiger partial charge in [-0.15, -0.1) is 0 Å². The second-order valence-electron chi connectivity index (χ2n) is 24.7. The number of hydrogen-bond donors (Lipinski definition) is 3. The number of ether oxygens (including phenoxy) is 4. The molecule has 0 saturated heterocycles. The van der Waals surface area contributed by atoms with Crippen molar-refractivity contribution in [2.24, 2.45) is 17.8 Å². The van der Waals surface area contributed by atoms with Crippen LogP contribution in [0.2, 0.25) is 0 Å². The number of aliphatic hydroxyl groups excluding tert-OH is 1. The van der Waals surface area contributed by atoms with Gasteiger partial charge in [0.25, 0.3) is 0 Å². The summed E-state index contributed by atoms with van der Waals surface area (Å²) in [4.78, 5) is 72.2. The van der Waals surface area contributed by atoms with Gasteiger partial charge in [-0.2, -0.15) is 0 Å². The Bertz CT molecular complexity index is 1670. The molecule has 0 aromatic rings. The molecule has 0 bridgehead atoms. The van der Waals surface area contributed by atoms with E-state index in [1.165, 1.54) is 122 Å². The van der Waals surface area contributed by atoms with Crippen LogP contribution in [0.1, 0.15) is 318 Å². The molecule has 0 aliphatic rings. The van der Waals surface area contributed by atoms with Crippen molar-refractivity contribution in [1.29, 1.82) is 0 Å². The molecule has 498 valence electrons. The standard InChI is InChI=1S/C65H126O17P2/c1-8-10-11-12-13-25-32-39-46-62(67)75-52-60(82-65(70)49-42-35-28-21-20-24-31-38-45-58(7)9-2)54-79-83(71,72)77-50-59(66)51-78-84(73,74)80-55-61(81-64(69)48-41-34-27-19-15-17-23-30-37-44-57(5)6)53-76-63(68)47-40-33-26-18-14-16-22-29-36-43-56(3)4/h56-61,66H,8-55H2,1-7H3,(H,71,72)(H,73,74)/t58?,59-,60+,61+/m0/s1. The molecule has 0 heterocycles. The Morgan fingerprint density at radius 2 is 0.607 bits per heavy atom. The molecule has 19 heteroatoms. The average molecular weight is 1240 g/mol. The fraction of sp³-hybridized carbons (Fsp3) is 0.938. The summed E-state index contributed by atoms with van der Waals surface area (Å²) in [5.41, 5.74) is 0. The first-order valence-corrected chi connectivity index (χ1v) is 36.9. The Balaban J connectivity index is 5.25. The number of hydrogen-bond acceptors (Lipinski definition) is 15. The summed E-state index contributed by atoms with van der Waals surface area (Å²) in [5, 5.41) is 10.5. The molecule has 0 saturated carbocycles. The van der Waals surface area contributed by atoms with Crippen molar-refractivity contribution in [2.45, 2.75) is 336 Å². The monoisotopic (exact) mass is 1240 g/mol. The normalized spacial score (nSPS) is 14.7. The van der Waals surface area contributed by atoms with Gasteiger partial charge < -0.3 is 33.8 Å². The number of aliphatic hydroxyl groups is 1. The molecule has 84 heavy (non-hydrogen) atoms. The largest absolute Gasteiger partial charge is 0.472 e. The number of phosphoric acid groups is 2. The van der Waals surface area contributed by atoms with E-state index >= 15 is 0 Å². The van der Waals surface area contributed by atoms with Crippen molar-refractivity contribution in [2.75, 3.05) is 39.6 Å². The van der Waals surface area contributed by atoms with Gasteiger partial charge >= 0.3 is 39.5 Å². The summed E-state index contributed by atoms with van der Waals surface area (Å²) < 4.78 is 68.0. The van der Waals surface area contributed by atoms with Crippen molar-refractivity contribution in [1.82, 2.24) is 0 Å². The minimum absolute atomic E-state index is 0.104. The fourth-order valence-corrected chi connectivity index (χ4v) is 11.2. The maximum atomic E-state index is 13.0. The van der Waals surface area contributed by atoms with Crippen LogP contribution < -0.4 is 0 Å². The lowest BCUT2D eigenvalue weighted by Gasteiger charge is -2.21. The van der Waals surface area contributed by atoms with Crippen molar-refractivity contribution in [3.63, 3.8) is 0 Å². The van der Waals surface area contributed by atoms with Crippen molar-refractivity contribution in [3.05, 3.63) is 0 Å². The Kier molecular flexibility index (Phi) is 55.0. The lowest BCUT2D eigenvalue weighted by atomic mass is 9.99. The smallest absolute Gasteiger partial charge is 0.462 e. The zero-order valence-electron chi connectivity index (χ0n) is 54.4. The van der Waals surface area contributed by atoms with Crippen molar-refractivity contribution >= 4 is 39.5 Å². The molecule has 0 radical (unpaired) electrons. The van der Waals surface area contributed by atoms with Gasteiger partial charge in [-0.3, -0.25) is 37.3 Å². The van der Waals surface area contributed by atoms with E-state index in [-0.39, 0.29) is 25.7 Å². The molecule has 0 amide bonds. The molecular weight excluding hydrogens is 1110 g/mol. The van der Waals surface area contributed by atoms with Gasteiger partial charge in [0.15, 0.2) is 12.2 Å². The van der Waals surface area contributed by atoms with Gasteiger partial charge in [0.1, 0.15) is 19.3 Å². The fourth-order valence-electron chi connectivity index (χ4n) is 9.62. The number of carbonyl (C=O) groups excluding carboxylic acids is 4. The highest BCUT2D eigenvalue weighted by Gasteiger charge is 2.30. The van der Waals surface area contributed by atoms with Crippen molar-refractivity contribution < 1.29 is 80.2 Å². The molecule has 0 aromatic carbocycles. The quantitative estimate of drug-likeness (QED) is 0.0222. The van der Waals surface area contributed by atoms with Gasteiger partial charge in [0.05, 0.1) is 26.4 Å². The van der Waals surface area contributed by atoms with E-state index < -0.39 is 97.5 Å². The molecule has 3 unspecified atom stereocenters. The van der Waals surface area contributed by atoms with Crippen LogP contribution in [0.15, 0.2) is 0 Å². The van der Waals surface area contributed by atoms with E-state index in [9.17, 15) is 43.2 Å². The van der Waals surface area contributed by atoms with Crippen LogP contribution in [0, 0.1) is 17.8 Å². The van der Waals surface area contributed by atoms with E-state index in [1.807, 2.05) is 0 Å². The lowest BCUT2D eigenvalue weighted by molar-refractivity contribution is -0.161. The second kappa shape index (κ2) is 56.3. The molecule has 17 nitrogen and oxygen atoms in total. The molecule has 6 atom stereocenters. The highest BCUT2D eigenvalue weighted by atomic mass is 31.2. The molecular formula is C65H126O17P2. The van der Waals surface area contributed by atoms with Crippen LogP contribution in [-0.4, -0.2) is 96.7 Å². The maximum Gasteiger partial charge on any atom is 0.472 e. The third-order valence-corrected chi connectivity index (χ3v) is 17.1. The number of phosphoric ester groups is 2. The molecule has 0 rings (SSSR count). The summed E-state index contributed by atoms with van der Waals surface area (Å²) in [6.07, 6.45) is 37.5. The third-order valence-electron chi connectivity index (χ3n) is 15.2. The summed E-state index contributed by atoms with van der Waals surface area (Å²) in [5.74, 6) is 0.112. The minimum Gasteiger partial charge on any atom is -0.462 e. The second-order valence-corrected chi connectivity index (χ2v) is 27.6. The van der Waals surface area contributed by atoms with Crippen LogP contribution >= 0.6 is 15.6 Å². The zero-order valence-corrected chi connectivity index (χ0v) is 56.1. The molecule has 0 fully saturated rings. The van der Waals surface area contributed by atoms with Gasteiger partial charge in [-0.25, -0.2) is 9.13 Å². The third kappa shape index (κ3) is 57.8. The Hall–Kier alpha value is -1.94. The van der Waals surface area contributed by atoms with Gasteiger partial charge in [0.2, 0.25) is 0 Å². The predicted molar refractivity (Wildman–Crippen MR) is 335 cm³/mol. The van der Waals surface area contributed by atoms with Gasteiger partial charge in [-0.1, -0.05) is 267 Å². The number of unbranched alkanes of at least 4 members (excludes halogenated alkanes) is 30. The molecule has 0 aromatic heterocycles. The number of rotatable bonds is 63. The maximum absolute atomic E-state index is 13.0. The number of carbonyl (C=O) groups is 4. The van der Waals surface area contributed by atoms with Crippen LogP contribution in [-0.2, 0) is 65.4 Å². The summed E-state index contributed by atoms with van der Waals surface area (Å²) in [7, 11) is -9.89. The molecule has 3 N–H and O–H groups in total. The highest BCUT2D eigenvalue weighted by molar-refractivity contribution is 7.47. The van der Waals surface area contributed by atoms with E-state index in [4.69, 9.17) is 37.0 Å². The summed E-state index contributed by atoms with van der Waals surface area (Å²) >= 11 is 0. The van der Waals surface area contributed by atoms with Crippen LogP contribution in [0.5, 0.6) is 0 Å². The number of esters is 4. The van der Waals surface area contributed by atoms with Crippen molar-refractivity contribution in [3.8, 4) is 0 Å². The van der Waals surface area contributed by atoms with E-state index in [0.29, 0.717) is 25.7 Å². The van der Waals surface area contributed by atoms with Crippen LogP contribution in [0.3, 0.4) is 0 Å². The molecule has 0 aliphatic heterocycles. The summed E-state index contributed by atoms with van der Waals surface area (Å²) in [6.45, 7) is 11.7. The Labute approximate surface area is 511 Å². The first-order valence-electron chi connectivity index (χ1n) is 33.9. The topological polar surface area (TPSA) is 237 Å². The van der Waals surface area contributed by atoms with Crippen LogP contribution in [0.4, 0.5) is 0 Å². The molecule has 0 aliphatic carbocycles.